The van der Waals surface area contributed by atoms with Gasteiger partial charge in [-0.15, -0.1) is 0 Å². The largest absolute Gasteiger partial charge is 0.462 e. The van der Waals surface area contributed by atoms with E-state index in [2.05, 4.69) is 10.4 Å². The number of likely N-dealkylation sites (tertiary alicyclic amines) is 1. The smallest absolute Gasteiger partial charge is 0.410 e. The van der Waals surface area contributed by atoms with Crippen molar-refractivity contribution in [2.45, 2.75) is 59.0 Å². The molecule has 0 spiro atoms. The minimum absolute atomic E-state index is 0.0134. The fourth-order valence-corrected chi connectivity index (χ4v) is 4.58. The van der Waals surface area contributed by atoms with Gasteiger partial charge in [0.05, 0.1) is 35.3 Å². The van der Waals surface area contributed by atoms with Crippen LogP contribution in [0.5, 0.6) is 0 Å². The van der Waals surface area contributed by atoms with Gasteiger partial charge in [0, 0.05) is 24.7 Å². The highest BCUT2D eigenvalue weighted by molar-refractivity contribution is 6.05. The highest BCUT2D eigenvalue weighted by Gasteiger charge is 2.32. The molecular weight excluding hydrogens is 496 g/mol. The Bertz CT molecular complexity index is 1310. The molecule has 206 valence electrons. The SMILES string of the molecule is CCOC(=O)c1ccc(NC(=O)c2cnn(-c3ccc(C)cc3)c2C2CCN(C(=O)OC(C)(C)C)CC2)cc1. The molecule has 9 nitrogen and oxygen atoms in total. The van der Waals surface area contributed by atoms with E-state index in [1.54, 1.807) is 42.3 Å². The Hall–Kier alpha value is -4.14. The lowest BCUT2D eigenvalue weighted by Crippen LogP contribution is -2.41. The number of carbonyl (C=O) groups is 3. The van der Waals surface area contributed by atoms with Crippen LogP contribution in [0, 0.1) is 6.92 Å². The van der Waals surface area contributed by atoms with Crippen molar-refractivity contribution in [3.05, 3.63) is 77.1 Å². The van der Waals surface area contributed by atoms with Crippen molar-refractivity contribution in [3.63, 3.8) is 0 Å². The topological polar surface area (TPSA) is 103 Å². The van der Waals surface area contributed by atoms with Gasteiger partial charge in [-0.2, -0.15) is 5.10 Å². The standard InChI is InChI=1S/C30H36N4O5/c1-6-38-28(36)22-9-11-23(12-10-22)32-27(35)25-19-31-34(24-13-7-20(2)8-14-24)26(25)21-15-17-33(18-16-21)29(37)39-30(3,4)5/h7-14,19,21H,6,15-18H2,1-5H3,(H,32,35). The molecule has 0 saturated carbocycles. The molecule has 3 aromatic rings. The number of aryl methyl sites for hydroxylation is 1. The first-order chi connectivity index (χ1) is 18.6. The number of hydrogen-bond acceptors (Lipinski definition) is 6. The van der Waals surface area contributed by atoms with Gasteiger partial charge in [0.1, 0.15) is 5.60 Å². The van der Waals surface area contributed by atoms with E-state index in [9.17, 15) is 14.4 Å². The predicted octanol–water partition coefficient (Wildman–Crippen LogP) is 5.72. The first-order valence-corrected chi connectivity index (χ1v) is 13.3. The van der Waals surface area contributed by atoms with Gasteiger partial charge in [-0.3, -0.25) is 4.79 Å². The number of piperidine rings is 1. The number of benzene rings is 2. The number of esters is 1. The third-order valence-electron chi connectivity index (χ3n) is 6.52. The first kappa shape index (κ1) is 27.9. The molecule has 0 bridgehead atoms. The quantitative estimate of drug-likeness (QED) is 0.407. The van der Waals surface area contributed by atoms with Crippen molar-refractivity contribution in [2.75, 3.05) is 25.0 Å². The van der Waals surface area contributed by atoms with E-state index in [1.165, 1.54) is 0 Å². The molecule has 2 aromatic carbocycles. The summed E-state index contributed by atoms with van der Waals surface area (Å²) in [4.78, 5) is 39.8. The molecule has 1 aromatic heterocycles. The Morgan fingerprint density at radius 2 is 1.64 bits per heavy atom. The first-order valence-electron chi connectivity index (χ1n) is 13.3. The zero-order valence-corrected chi connectivity index (χ0v) is 23.2. The summed E-state index contributed by atoms with van der Waals surface area (Å²) < 4.78 is 12.4. The average molecular weight is 533 g/mol. The molecule has 1 aliphatic rings. The molecule has 4 rings (SSSR count). The lowest BCUT2D eigenvalue weighted by molar-refractivity contribution is 0.0203. The Balaban J connectivity index is 1.57. The second kappa shape index (κ2) is 11.7. The predicted molar refractivity (Wildman–Crippen MR) is 148 cm³/mol. The van der Waals surface area contributed by atoms with Crippen molar-refractivity contribution in [1.82, 2.24) is 14.7 Å². The van der Waals surface area contributed by atoms with Crippen molar-refractivity contribution < 1.29 is 23.9 Å². The highest BCUT2D eigenvalue weighted by atomic mass is 16.6. The molecule has 39 heavy (non-hydrogen) atoms. The minimum Gasteiger partial charge on any atom is -0.462 e. The van der Waals surface area contributed by atoms with E-state index in [1.807, 2.05) is 56.6 Å². The fourth-order valence-electron chi connectivity index (χ4n) is 4.58. The van der Waals surface area contributed by atoms with Crippen molar-refractivity contribution >= 4 is 23.7 Å². The molecule has 2 amide bonds. The molecule has 1 N–H and O–H groups in total. The molecule has 0 unspecified atom stereocenters. The number of aromatic nitrogens is 2. The molecule has 1 fully saturated rings. The van der Waals surface area contributed by atoms with E-state index in [0.29, 0.717) is 49.4 Å². The monoisotopic (exact) mass is 532 g/mol. The zero-order valence-electron chi connectivity index (χ0n) is 23.2. The van der Waals surface area contributed by atoms with Crippen LogP contribution in [0.2, 0.25) is 0 Å². The van der Waals surface area contributed by atoms with Gasteiger partial charge in [0.2, 0.25) is 0 Å². The molecule has 1 saturated heterocycles. The number of rotatable bonds is 6. The average Bonchev–Trinajstić information content (AvgIpc) is 3.34. The zero-order chi connectivity index (χ0) is 28.2. The van der Waals surface area contributed by atoms with Crippen LogP contribution in [-0.4, -0.2) is 57.9 Å². The molecular formula is C30H36N4O5. The maximum absolute atomic E-state index is 13.5. The van der Waals surface area contributed by atoms with Gasteiger partial charge in [0.15, 0.2) is 0 Å². The fraction of sp³-hybridized carbons (Fsp3) is 0.400. The summed E-state index contributed by atoms with van der Waals surface area (Å²) in [7, 11) is 0. The second-order valence-corrected chi connectivity index (χ2v) is 10.7. The van der Waals surface area contributed by atoms with Crippen molar-refractivity contribution in [2.24, 2.45) is 0 Å². The Kier molecular flexibility index (Phi) is 8.38. The lowest BCUT2D eigenvalue weighted by atomic mass is 9.90. The summed E-state index contributed by atoms with van der Waals surface area (Å²) >= 11 is 0. The third kappa shape index (κ3) is 6.85. The Labute approximate surface area is 229 Å². The molecule has 9 heteroatoms. The Morgan fingerprint density at radius 1 is 1.00 bits per heavy atom. The van der Waals surface area contributed by atoms with Gasteiger partial charge in [-0.1, -0.05) is 17.7 Å². The van der Waals surface area contributed by atoms with E-state index in [-0.39, 0.29) is 17.9 Å². The van der Waals surface area contributed by atoms with Gasteiger partial charge >= 0.3 is 12.1 Å². The van der Waals surface area contributed by atoms with E-state index in [0.717, 1.165) is 16.9 Å². The van der Waals surface area contributed by atoms with Gasteiger partial charge in [-0.05, 0) is 83.9 Å². The van der Waals surface area contributed by atoms with Crippen LogP contribution >= 0.6 is 0 Å². The van der Waals surface area contributed by atoms with Crippen LogP contribution in [0.25, 0.3) is 5.69 Å². The number of carbonyl (C=O) groups excluding carboxylic acids is 3. The maximum atomic E-state index is 13.5. The summed E-state index contributed by atoms with van der Waals surface area (Å²) in [5, 5.41) is 7.54. The van der Waals surface area contributed by atoms with Crippen LogP contribution in [0.15, 0.2) is 54.7 Å². The van der Waals surface area contributed by atoms with Crippen LogP contribution in [0.1, 0.15) is 78.4 Å². The number of anilines is 1. The third-order valence-corrected chi connectivity index (χ3v) is 6.52. The molecule has 0 atom stereocenters. The van der Waals surface area contributed by atoms with E-state index >= 15 is 0 Å². The summed E-state index contributed by atoms with van der Waals surface area (Å²) in [5.74, 6) is -0.684. The second-order valence-electron chi connectivity index (χ2n) is 10.7. The van der Waals surface area contributed by atoms with Crippen LogP contribution in [0.4, 0.5) is 10.5 Å². The van der Waals surface area contributed by atoms with Crippen molar-refractivity contribution in [1.29, 1.82) is 0 Å². The maximum Gasteiger partial charge on any atom is 0.410 e. The van der Waals surface area contributed by atoms with E-state index in [4.69, 9.17) is 9.47 Å². The summed E-state index contributed by atoms with van der Waals surface area (Å²) in [6.45, 7) is 10.7. The van der Waals surface area contributed by atoms with Crippen LogP contribution < -0.4 is 5.32 Å². The van der Waals surface area contributed by atoms with Gasteiger partial charge in [-0.25, -0.2) is 14.3 Å². The normalized spacial score (nSPS) is 14.1. The summed E-state index contributed by atoms with van der Waals surface area (Å²) in [6.07, 6.45) is 2.62. The molecule has 0 aliphatic carbocycles. The number of nitrogens with one attached hydrogen (secondary N) is 1. The van der Waals surface area contributed by atoms with Crippen LogP contribution in [-0.2, 0) is 9.47 Å². The minimum atomic E-state index is -0.558. The lowest BCUT2D eigenvalue weighted by Gasteiger charge is -2.34. The number of ether oxygens (including phenoxy) is 2. The number of nitrogens with zero attached hydrogens (tertiary/aromatic N) is 3. The van der Waals surface area contributed by atoms with E-state index < -0.39 is 11.6 Å². The molecule has 2 heterocycles. The van der Waals surface area contributed by atoms with Gasteiger partial charge < -0.3 is 19.7 Å². The Morgan fingerprint density at radius 3 is 2.23 bits per heavy atom. The molecule has 0 radical (unpaired) electrons. The van der Waals surface area contributed by atoms with Gasteiger partial charge in [0.25, 0.3) is 5.91 Å². The molecule has 1 aliphatic heterocycles. The number of amides is 2. The van der Waals surface area contributed by atoms with Crippen molar-refractivity contribution in [3.8, 4) is 5.69 Å². The van der Waals surface area contributed by atoms with Crippen LogP contribution in [0.3, 0.4) is 0 Å². The number of hydrogen-bond donors (Lipinski definition) is 1. The summed E-state index contributed by atoms with van der Waals surface area (Å²) in [6, 6.07) is 14.6. The summed E-state index contributed by atoms with van der Waals surface area (Å²) in [5.41, 5.74) is 3.69. The highest BCUT2D eigenvalue weighted by Crippen LogP contribution is 2.33.